The molecule has 3 N–H and O–H groups in total. The lowest BCUT2D eigenvalue weighted by Crippen LogP contribution is -2.53. The van der Waals surface area contributed by atoms with Crippen LogP contribution in [0.1, 0.15) is 48.5 Å². The molecule has 0 aromatic heterocycles. The van der Waals surface area contributed by atoms with Gasteiger partial charge in [-0.1, -0.05) is 6.07 Å². The Morgan fingerprint density at radius 2 is 1.72 bits per heavy atom. The molecule has 0 bridgehead atoms. The summed E-state index contributed by atoms with van der Waals surface area (Å²) in [6.07, 6.45) is -0.779. The van der Waals surface area contributed by atoms with Gasteiger partial charge in [-0.25, -0.2) is 9.18 Å². The molecule has 1 rings (SSSR count). The largest absolute Gasteiger partial charge is 0.491 e. The van der Waals surface area contributed by atoms with E-state index in [2.05, 4.69) is 5.32 Å². The van der Waals surface area contributed by atoms with Crippen LogP contribution >= 0.6 is 0 Å². The quantitative estimate of drug-likeness (QED) is 0.706. The Hall–Kier alpha value is -1.64. The molecule has 0 aliphatic carbocycles. The number of anilines is 1. The topological polar surface area (TPSA) is 88.0 Å². The van der Waals surface area contributed by atoms with Crippen molar-refractivity contribution in [3.63, 3.8) is 0 Å². The number of benzene rings is 1. The summed E-state index contributed by atoms with van der Waals surface area (Å²) >= 11 is 0. The molecule has 0 aliphatic rings. The van der Waals surface area contributed by atoms with Gasteiger partial charge in [0.05, 0.1) is 16.9 Å². The number of hydrogen-bond donors (Lipinski definition) is 3. The second-order valence-corrected chi connectivity index (χ2v) is 7.91. The van der Waals surface area contributed by atoms with Crippen LogP contribution in [0.15, 0.2) is 18.2 Å². The Bertz CT molecular complexity index is 622. The Morgan fingerprint density at radius 3 is 2.16 bits per heavy atom. The van der Waals surface area contributed by atoms with E-state index in [1.165, 1.54) is 12.1 Å². The summed E-state index contributed by atoms with van der Waals surface area (Å²) in [7, 11) is -1.44. The molecule has 1 aromatic rings. The third-order valence-corrected chi connectivity index (χ3v) is 3.79. The van der Waals surface area contributed by atoms with Crippen LogP contribution in [0.2, 0.25) is 0 Å². The molecule has 0 radical (unpaired) electrons. The zero-order valence-corrected chi connectivity index (χ0v) is 15.8. The molecule has 6 nitrogen and oxygen atoms in total. The van der Waals surface area contributed by atoms with Crippen LogP contribution in [0.3, 0.4) is 0 Å². The molecule has 0 heterocycles. The zero-order chi connectivity index (χ0) is 19.6. The minimum absolute atomic E-state index is 0.0769. The molecule has 1 amide bonds. The lowest BCUT2D eigenvalue weighted by atomic mass is 9.76. The van der Waals surface area contributed by atoms with Crippen molar-refractivity contribution in [2.75, 3.05) is 5.32 Å². The summed E-state index contributed by atoms with van der Waals surface area (Å²) < 4.78 is 24.7. The SMILES string of the molecule is CC(C)(C)OC(=O)Nc1ccc(B(O)OC(C)(C)C(C)(C)O)cc1F. The molecule has 0 spiro atoms. The van der Waals surface area contributed by atoms with Gasteiger partial charge < -0.3 is 19.5 Å². The van der Waals surface area contributed by atoms with E-state index in [0.717, 1.165) is 6.07 Å². The highest BCUT2D eigenvalue weighted by molar-refractivity contribution is 6.60. The van der Waals surface area contributed by atoms with Gasteiger partial charge >= 0.3 is 13.2 Å². The van der Waals surface area contributed by atoms with Crippen LogP contribution in [0.5, 0.6) is 0 Å². The van der Waals surface area contributed by atoms with E-state index in [1.807, 2.05) is 0 Å². The highest BCUT2D eigenvalue weighted by Crippen LogP contribution is 2.25. The molecule has 0 aliphatic heterocycles. The summed E-state index contributed by atoms with van der Waals surface area (Å²) in [4.78, 5) is 11.7. The van der Waals surface area contributed by atoms with E-state index < -0.39 is 35.8 Å². The standard InChI is InChI=1S/C17H27BFNO5/c1-15(2,3)24-14(21)20-13-9-8-11(10-12(13)19)18(23)25-17(6,7)16(4,5)22/h8-10,22-23H,1-7H3,(H,20,21). The maximum Gasteiger partial charge on any atom is 0.491 e. The van der Waals surface area contributed by atoms with E-state index in [4.69, 9.17) is 9.39 Å². The van der Waals surface area contributed by atoms with Crippen molar-refractivity contribution in [2.45, 2.75) is 65.3 Å². The van der Waals surface area contributed by atoms with Crippen molar-refractivity contribution in [3.05, 3.63) is 24.0 Å². The smallest absolute Gasteiger partial charge is 0.444 e. The normalized spacial score (nSPS) is 12.7. The molecule has 0 unspecified atom stereocenters. The first-order chi connectivity index (χ1) is 11.1. The molecular formula is C17H27BFNO5. The van der Waals surface area contributed by atoms with E-state index >= 15 is 0 Å². The number of halogens is 1. The van der Waals surface area contributed by atoms with Crippen molar-refractivity contribution >= 4 is 24.4 Å². The van der Waals surface area contributed by atoms with Crippen molar-refractivity contribution in [1.82, 2.24) is 0 Å². The van der Waals surface area contributed by atoms with E-state index in [-0.39, 0.29) is 11.2 Å². The lowest BCUT2D eigenvalue weighted by molar-refractivity contribution is -0.0982. The molecule has 8 heteroatoms. The van der Waals surface area contributed by atoms with Crippen LogP contribution in [0, 0.1) is 5.82 Å². The Kier molecular flexibility index (Phi) is 6.26. The average Bonchev–Trinajstić information content (AvgIpc) is 2.36. The highest BCUT2D eigenvalue weighted by atomic mass is 19.1. The number of amides is 1. The Labute approximate surface area is 148 Å². The monoisotopic (exact) mass is 355 g/mol. The van der Waals surface area contributed by atoms with Crippen molar-refractivity contribution in [1.29, 1.82) is 0 Å². The first kappa shape index (κ1) is 21.4. The maximum absolute atomic E-state index is 14.2. The summed E-state index contributed by atoms with van der Waals surface area (Å²) in [5.74, 6) is -0.743. The van der Waals surface area contributed by atoms with Gasteiger partial charge in [-0.3, -0.25) is 5.32 Å². The molecule has 0 fully saturated rings. The molecule has 1 aromatic carbocycles. The fourth-order valence-corrected chi connectivity index (χ4v) is 1.69. The minimum Gasteiger partial charge on any atom is -0.444 e. The fourth-order valence-electron chi connectivity index (χ4n) is 1.69. The number of carbonyl (C=O) groups excluding carboxylic acids is 1. The summed E-state index contributed by atoms with van der Waals surface area (Å²) in [5, 5.41) is 22.5. The summed E-state index contributed by atoms with van der Waals surface area (Å²) in [6.45, 7) is 11.4. The predicted octanol–water partition coefficient (Wildman–Crippen LogP) is 2.43. The van der Waals surface area contributed by atoms with Crippen LogP contribution in [-0.4, -0.2) is 40.1 Å². The molecular weight excluding hydrogens is 328 g/mol. The second kappa shape index (κ2) is 7.31. The second-order valence-electron chi connectivity index (χ2n) is 7.91. The van der Waals surface area contributed by atoms with Gasteiger partial charge in [0.15, 0.2) is 0 Å². The number of ether oxygens (including phenoxy) is 1. The summed E-state index contributed by atoms with van der Waals surface area (Å²) in [6, 6.07) is 3.77. The predicted molar refractivity (Wildman–Crippen MR) is 95.3 cm³/mol. The van der Waals surface area contributed by atoms with Gasteiger partial charge in [0.2, 0.25) is 0 Å². The Morgan fingerprint density at radius 1 is 1.16 bits per heavy atom. The van der Waals surface area contributed by atoms with E-state index in [0.29, 0.717) is 0 Å². The van der Waals surface area contributed by atoms with Gasteiger partial charge in [0.1, 0.15) is 11.4 Å². The maximum atomic E-state index is 14.2. The third-order valence-electron chi connectivity index (χ3n) is 3.79. The first-order valence-corrected chi connectivity index (χ1v) is 8.00. The van der Waals surface area contributed by atoms with E-state index in [1.54, 1.807) is 48.5 Å². The first-order valence-electron chi connectivity index (χ1n) is 8.00. The zero-order valence-electron chi connectivity index (χ0n) is 15.8. The average molecular weight is 355 g/mol. The number of hydrogen-bond acceptors (Lipinski definition) is 5. The van der Waals surface area contributed by atoms with Gasteiger partial charge in [0, 0.05) is 0 Å². The number of carbonyl (C=O) groups is 1. The van der Waals surface area contributed by atoms with Crippen molar-refractivity contribution in [3.8, 4) is 0 Å². The van der Waals surface area contributed by atoms with Crippen LogP contribution < -0.4 is 10.8 Å². The van der Waals surface area contributed by atoms with Crippen LogP contribution in [-0.2, 0) is 9.39 Å². The number of nitrogens with one attached hydrogen (secondary N) is 1. The molecule has 0 saturated carbocycles. The highest BCUT2D eigenvalue weighted by Gasteiger charge is 2.39. The van der Waals surface area contributed by atoms with Gasteiger partial charge in [-0.05, 0) is 66.1 Å². The van der Waals surface area contributed by atoms with Crippen molar-refractivity contribution < 1.29 is 28.7 Å². The molecule has 0 saturated heterocycles. The number of rotatable bonds is 5. The molecule has 0 atom stereocenters. The lowest BCUT2D eigenvalue weighted by Gasteiger charge is -2.38. The van der Waals surface area contributed by atoms with Crippen LogP contribution in [0.4, 0.5) is 14.9 Å². The minimum atomic E-state index is -1.44. The number of aliphatic hydroxyl groups is 1. The Balaban J connectivity index is 2.86. The van der Waals surface area contributed by atoms with Gasteiger partial charge in [0.25, 0.3) is 0 Å². The van der Waals surface area contributed by atoms with Crippen molar-refractivity contribution in [2.24, 2.45) is 0 Å². The molecule has 25 heavy (non-hydrogen) atoms. The molecule has 140 valence electrons. The third kappa shape index (κ3) is 6.30. The fraction of sp³-hybridized carbons (Fsp3) is 0.588. The van der Waals surface area contributed by atoms with Gasteiger partial charge in [-0.2, -0.15) is 0 Å². The van der Waals surface area contributed by atoms with E-state index in [9.17, 15) is 19.3 Å². The van der Waals surface area contributed by atoms with Gasteiger partial charge in [-0.15, -0.1) is 0 Å². The van der Waals surface area contributed by atoms with Crippen LogP contribution in [0.25, 0.3) is 0 Å². The summed E-state index contributed by atoms with van der Waals surface area (Å²) in [5.41, 5.74) is -2.91.